The fourth-order valence-corrected chi connectivity index (χ4v) is 0. The van der Waals surface area contributed by atoms with Gasteiger partial charge < -0.3 is 50.6 Å². The van der Waals surface area contributed by atoms with Gasteiger partial charge in [0.2, 0.25) is 0 Å². The molecule has 4 N–H and O–H groups in total. The van der Waals surface area contributed by atoms with Gasteiger partial charge in [-0.05, 0) is 0 Å². The van der Waals surface area contributed by atoms with E-state index in [0.717, 1.165) is 0 Å². The molecule has 0 saturated carbocycles. The van der Waals surface area contributed by atoms with E-state index in [1.165, 1.54) is 0 Å². The summed E-state index contributed by atoms with van der Waals surface area (Å²) in [6.45, 7) is 0. The number of carbonyl (C=O) groups is 4. The number of carboxylic acids is 4. The molecule has 0 aromatic carbocycles. The Bertz CT molecular complexity index is 173. The van der Waals surface area contributed by atoms with Crippen LogP contribution in [0.15, 0.2) is 0 Å². The first kappa shape index (κ1) is 29.2. The first-order valence-corrected chi connectivity index (χ1v) is 2.13. The number of carboxylic acid groups (broad SMARTS) is 4. The van der Waals surface area contributed by atoms with Crippen molar-refractivity contribution in [3.8, 4) is 0 Å². The quantitative estimate of drug-likeness (QED) is 0.325. The standard InChI is InChI=1S/2C2H2O4.2H2O.Th/c2*3-1(4)2(5)6;;;/h2*(H,3,4)(H,5,6);2*1H2;/q;;;;+4/p-4. The van der Waals surface area contributed by atoms with Crippen LogP contribution in [-0.2, 0) is 19.2 Å². The van der Waals surface area contributed by atoms with E-state index in [4.69, 9.17) is 39.6 Å². The Morgan fingerprint density at radius 3 is 0.600 bits per heavy atom. The summed E-state index contributed by atoms with van der Waals surface area (Å²) < 4.78 is 0. The average Bonchev–Trinajstić information content (AvgIpc) is 1.88. The van der Waals surface area contributed by atoms with E-state index in [9.17, 15) is 0 Å². The molecule has 0 amide bonds. The zero-order valence-corrected chi connectivity index (χ0v) is 10.9. The number of rotatable bonds is 0. The molecule has 0 unspecified atom stereocenters. The van der Waals surface area contributed by atoms with Gasteiger partial charge in [-0.1, -0.05) is 0 Å². The number of hydrogen-bond donors (Lipinski definition) is 0. The van der Waals surface area contributed by atoms with Crippen molar-refractivity contribution in [2.24, 2.45) is 0 Å². The fourth-order valence-electron chi connectivity index (χ4n) is 0. The average molecular weight is 444 g/mol. The van der Waals surface area contributed by atoms with Gasteiger partial charge in [0.05, 0.1) is 23.9 Å². The van der Waals surface area contributed by atoms with Crippen LogP contribution >= 0.6 is 0 Å². The molecule has 0 aromatic heterocycles. The maximum Gasteiger partial charge on any atom is 4.00 e. The summed E-state index contributed by atoms with van der Waals surface area (Å²) in [5, 5.41) is 35.7. The van der Waals surface area contributed by atoms with Crippen LogP contribution in [0.5, 0.6) is 0 Å². The summed E-state index contributed by atoms with van der Waals surface area (Å²) in [5.41, 5.74) is 0. The van der Waals surface area contributed by atoms with Crippen molar-refractivity contribution >= 4 is 23.9 Å². The Kier molecular flexibility index (Phi) is 30.4. The third-order valence-electron chi connectivity index (χ3n) is 0.333. The largest absolute Gasteiger partial charge is 4.00 e. The molecule has 0 aliphatic carbocycles. The Hall–Kier alpha value is -0.875. The van der Waals surface area contributed by atoms with Crippen LogP contribution in [-0.4, -0.2) is 34.8 Å². The second kappa shape index (κ2) is 15.6. The number of carbonyl (C=O) groups excluding carboxylic acids is 4. The molecule has 15 heavy (non-hydrogen) atoms. The summed E-state index contributed by atoms with van der Waals surface area (Å²) in [6.07, 6.45) is 0. The van der Waals surface area contributed by atoms with Gasteiger partial charge in [-0.25, -0.2) is 0 Å². The molecule has 0 saturated heterocycles. The summed E-state index contributed by atoms with van der Waals surface area (Å²) in [4.78, 5) is 35.7. The summed E-state index contributed by atoms with van der Waals surface area (Å²) in [7, 11) is 0. The van der Waals surface area contributed by atoms with Gasteiger partial charge in [-0.15, -0.1) is 0 Å². The summed E-state index contributed by atoms with van der Waals surface area (Å²) in [6, 6.07) is 0. The fraction of sp³-hybridized carbons (Fsp3) is 0. The smallest absolute Gasteiger partial charge is 0.543 e. The van der Waals surface area contributed by atoms with E-state index < -0.39 is 23.9 Å². The molecule has 0 fully saturated rings. The van der Waals surface area contributed by atoms with Crippen molar-refractivity contribution in [1.29, 1.82) is 0 Å². The molecule has 11 heteroatoms. The van der Waals surface area contributed by atoms with Gasteiger partial charge >= 0.3 is 39.9 Å². The normalized spacial score (nSPS) is 5.87. The van der Waals surface area contributed by atoms with Crippen LogP contribution in [0.4, 0.5) is 0 Å². The molecule has 10 nitrogen and oxygen atoms in total. The molecule has 0 atom stereocenters. The van der Waals surface area contributed by atoms with Crippen molar-refractivity contribution in [3.63, 3.8) is 0 Å². The summed E-state index contributed by atoms with van der Waals surface area (Å²) in [5.74, 6) is -8.74. The third-order valence-corrected chi connectivity index (χ3v) is 0.333. The maximum atomic E-state index is 8.93. The molecule has 0 aromatic rings. The maximum absolute atomic E-state index is 8.93. The van der Waals surface area contributed by atoms with Crippen LogP contribution < -0.4 is 20.4 Å². The predicted octanol–water partition coefficient (Wildman–Crippen LogP) is -8.68. The van der Waals surface area contributed by atoms with Crippen molar-refractivity contribution in [2.45, 2.75) is 0 Å². The van der Waals surface area contributed by atoms with Crippen LogP contribution in [0.2, 0.25) is 0 Å². The van der Waals surface area contributed by atoms with Gasteiger partial charge in [0.25, 0.3) is 0 Å². The molecule has 0 heterocycles. The van der Waals surface area contributed by atoms with E-state index in [1.807, 2.05) is 0 Å². The van der Waals surface area contributed by atoms with Gasteiger partial charge in [-0.3, -0.25) is 0 Å². The third kappa shape index (κ3) is 32.0. The zero-order chi connectivity index (χ0) is 10.3. The Morgan fingerprint density at radius 2 is 0.600 bits per heavy atom. The van der Waals surface area contributed by atoms with Crippen molar-refractivity contribution < 1.29 is 90.5 Å². The first-order valence-electron chi connectivity index (χ1n) is 2.13. The van der Waals surface area contributed by atoms with E-state index in [1.54, 1.807) is 0 Å². The molecule has 0 radical (unpaired) electrons. The molecule has 0 spiro atoms. The molecule has 84 valence electrons. The number of aliphatic carboxylic acids is 4. The van der Waals surface area contributed by atoms with Crippen LogP contribution in [0.25, 0.3) is 0 Å². The van der Waals surface area contributed by atoms with Gasteiger partial charge in [0, 0.05) is 0 Å². The van der Waals surface area contributed by atoms with Gasteiger partial charge in [-0.2, -0.15) is 0 Å². The first-order chi connectivity index (χ1) is 5.29. The minimum atomic E-state index is -2.19. The van der Waals surface area contributed by atoms with Crippen LogP contribution in [0.1, 0.15) is 0 Å². The zero-order valence-electron chi connectivity index (χ0n) is 6.77. The van der Waals surface area contributed by atoms with Crippen LogP contribution in [0.3, 0.4) is 0 Å². The summed E-state index contributed by atoms with van der Waals surface area (Å²) >= 11 is 0. The van der Waals surface area contributed by atoms with E-state index in [-0.39, 0.29) is 50.9 Å². The Labute approximate surface area is 114 Å². The van der Waals surface area contributed by atoms with E-state index >= 15 is 0 Å². The number of hydrogen-bond acceptors (Lipinski definition) is 8. The monoisotopic (exact) mass is 444 g/mol. The van der Waals surface area contributed by atoms with Crippen molar-refractivity contribution in [2.75, 3.05) is 0 Å². The molecular formula is C4H4O10Th. The Morgan fingerprint density at radius 1 is 0.533 bits per heavy atom. The second-order valence-electron chi connectivity index (χ2n) is 1.15. The minimum absolute atomic E-state index is 0. The minimum Gasteiger partial charge on any atom is -0.543 e. The van der Waals surface area contributed by atoms with Crippen molar-refractivity contribution in [3.05, 3.63) is 0 Å². The second-order valence-corrected chi connectivity index (χ2v) is 1.15. The predicted molar refractivity (Wildman–Crippen MR) is 27.3 cm³/mol. The van der Waals surface area contributed by atoms with Gasteiger partial charge in [0.15, 0.2) is 0 Å². The molecule has 0 bridgehead atoms. The molecular weight excluding hydrogens is 440 g/mol. The molecule has 0 rings (SSSR count). The van der Waals surface area contributed by atoms with Crippen LogP contribution in [0, 0.1) is 39.9 Å². The Balaban J connectivity index is -0.0000000370. The topological polar surface area (TPSA) is 224 Å². The molecule has 0 aliphatic rings. The molecule has 0 aliphatic heterocycles. The van der Waals surface area contributed by atoms with E-state index in [2.05, 4.69) is 0 Å². The van der Waals surface area contributed by atoms with Gasteiger partial charge in [0.1, 0.15) is 0 Å². The van der Waals surface area contributed by atoms with E-state index in [0.29, 0.717) is 0 Å². The SMILES string of the molecule is O.O.O=C([O-])C(=O)[O-].O=C([O-])C(=O)[O-].[Th+4]. The van der Waals surface area contributed by atoms with Crippen molar-refractivity contribution in [1.82, 2.24) is 0 Å².